The van der Waals surface area contributed by atoms with Crippen molar-refractivity contribution in [2.75, 3.05) is 0 Å². The number of rotatable bonds is 4. The largest absolute Gasteiger partial charge is 0.326 e. The molecule has 0 heterocycles. The molecule has 0 aliphatic rings. The van der Waals surface area contributed by atoms with E-state index in [1.807, 2.05) is 18.2 Å². The molecule has 0 amide bonds. The molecule has 2 rings (SSSR count). The van der Waals surface area contributed by atoms with Crippen LogP contribution in [-0.2, 0) is 23.1 Å². The van der Waals surface area contributed by atoms with Gasteiger partial charge in [0.25, 0.3) is 0 Å². The van der Waals surface area contributed by atoms with E-state index in [4.69, 9.17) is 5.73 Å². The smallest absolute Gasteiger partial charge is 0.131 e. The Morgan fingerprint density at radius 1 is 1.00 bits per heavy atom. The van der Waals surface area contributed by atoms with Gasteiger partial charge in [0.05, 0.1) is 16.6 Å². The quantitative estimate of drug-likeness (QED) is 0.921. The van der Waals surface area contributed by atoms with Gasteiger partial charge in [-0.2, -0.15) is 0 Å². The minimum absolute atomic E-state index is 0.150. The molecule has 0 aromatic heterocycles. The molecular weight excluding hydrogens is 249 g/mol. The molecule has 0 aliphatic heterocycles. The Bertz CT molecular complexity index is 557. The lowest BCUT2D eigenvalue weighted by atomic mass is 10.1. The Morgan fingerprint density at radius 3 is 2.33 bits per heavy atom. The van der Waals surface area contributed by atoms with Gasteiger partial charge < -0.3 is 5.73 Å². The Hall–Kier alpha value is -1.52. The van der Waals surface area contributed by atoms with Crippen LogP contribution in [0.5, 0.6) is 0 Å². The zero-order chi connectivity index (χ0) is 13.0. The van der Waals surface area contributed by atoms with Crippen molar-refractivity contribution in [1.82, 2.24) is 0 Å². The number of hydrogen-bond donors (Lipinski definition) is 1. The van der Waals surface area contributed by atoms with Gasteiger partial charge >= 0.3 is 0 Å². The first-order valence-electron chi connectivity index (χ1n) is 5.62. The van der Waals surface area contributed by atoms with Crippen LogP contribution in [-0.4, -0.2) is 4.21 Å². The predicted octanol–water partition coefficient (Wildman–Crippen LogP) is 2.59. The summed E-state index contributed by atoms with van der Waals surface area (Å²) in [4.78, 5) is 0.704. The first-order chi connectivity index (χ1) is 8.72. The molecule has 2 aromatic rings. The average Bonchev–Trinajstić information content (AvgIpc) is 2.42. The third kappa shape index (κ3) is 2.83. The van der Waals surface area contributed by atoms with Crippen LogP contribution in [0.4, 0.5) is 4.39 Å². The fourth-order valence-electron chi connectivity index (χ4n) is 1.70. The van der Waals surface area contributed by atoms with Crippen LogP contribution >= 0.6 is 0 Å². The highest BCUT2D eigenvalue weighted by Crippen LogP contribution is 2.17. The summed E-state index contributed by atoms with van der Waals surface area (Å²) >= 11 is 0. The molecule has 0 bridgehead atoms. The van der Waals surface area contributed by atoms with Crippen molar-refractivity contribution >= 4 is 10.8 Å². The lowest BCUT2D eigenvalue weighted by Crippen LogP contribution is -2.05. The van der Waals surface area contributed by atoms with Gasteiger partial charge in [-0.25, -0.2) is 4.39 Å². The Morgan fingerprint density at radius 2 is 1.67 bits per heavy atom. The van der Waals surface area contributed by atoms with Crippen molar-refractivity contribution in [2.45, 2.75) is 17.2 Å². The maximum Gasteiger partial charge on any atom is 0.131 e. The van der Waals surface area contributed by atoms with E-state index in [1.54, 1.807) is 30.3 Å². The van der Waals surface area contributed by atoms with Crippen molar-refractivity contribution in [2.24, 2.45) is 5.73 Å². The second-order valence-electron chi connectivity index (χ2n) is 3.90. The van der Waals surface area contributed by atoms with Crippen LogP contribution in [0.2, 0.25) is 0 Å². The van der Waals surface area contributed by atoms with Gasteiger partial charge in [-0.1, -0.05) is 36.4 Å². The summed E-state index contributed by atoms with van der Waals surface area (Å²) in [5, 5.41) is 0. The highest BCUT2D eigenvalue weighted by molar-refractivity contribution is 7.84. The highest BCUT2D eigenvalue weighted by Gasteiger charge is 2.11. The van der Waals surface area contributed by atoms with Gasteiger partial charge in [-0.15, -0.1) is 0 Å². The number of benzene rings is 2. The molecule has 1 unspecified atom stereocenters. The van der Waals surface area contributed by atoms with Crippen LogP contribution in [0.1, 0.15) is 11.1 Å². The lowest BCUT2D eigenvalue weighted by Gasteiger charge is -2.07. The van der Waals surface area contributed by atoms with Gasteiger partial charge in [-0.05, 0) is 12.1 Å². The van der Waals surface area contributed by atoms with Gasteiger partial charge in [0.2, 0.25) is 0 Å². The van der Waals surface area contributed by atoms with E-state index in [0.717, 1.165) is 0 Å². The lowest BCUT2D eigenvalue weighted by molar-refractivity contribution is 0.598. The van der Waals surface area contributed by atoms with E-state index >= 15 is 0 Å². The minimum Gasteiger partial charge on any atom is -0.326 e. The summed E-state index contributed by atoms with van der Waals surface area (Å²) in [5.41, 5.74) is 6.35. The van der Waals surface area contributed by atoms with Crippen LogP contribution in [0.3, 0.4) is 0 Å². The molecule has 2 nitrogen and oxygen atoms in total. The number of hydrogen-bond acceptors (Lipinski definition) is 2. The van der Waals surface area contributed by atoms with Crippen LogP contribution in [0.15, 0.2) is 53.4 Å². The predicted molar refractivity (Wildman–Crippen MR) is 70.8 cm³/mol. The minimum atomic E-state index is -1.24. The number of nitrogens with two attached hydrogens (primary N) is 1. The molecule has 94 valence electrons. The molecule has 0 saturated carbocycles. The van der Waals surface area contributed by atoms with Crippen molar-refractivity contribution in [1.29, 1.82) is 0 Å². The van der Waals surface area contributed by atoms with Gasteiger partial charge in [0.15, 0.2) is 0 Å². The van der Waals surface area contributed by atoms with Crippen molar-refractivity contribution in [3.63, 3.8) is 0 Å². The monoisotopic (exact) mass is 263 g/mol. The third-order valence-corrected chi connectivity index (χ3v) is 4.04. The first kappa shape index (κ1) is 12.9. The summed E-state index contributed by atoms with van der Waals surface area (Å²) in [6.45, 7) is 0.150. The molecule has 0 spiro atoms. The van der Waals surface area contributed by atoms with E-state index < -0.39 is 10.8 Å². The first-order valence-corrected chi connectivity index (χ1v) is 6.94. The van der Waals surface area contributed by atoms with Crippen LogP contribution in [0, 0.1) is 5.82 Å². The van der Waals surface area contributed by atoms with Crippen molar-refractivity contribution < 1.29 is 8.60 Å². The Balaban J connectivity index is 2.22. The third-order valence-electron chi connectivity index (χ3n) is 2.67. The molecule has 1 atom stereocenters. The summed E-state index contributed by atoms with van der Waals surface area (Å²) in [7, 11) is -1.24. The summed E-state index contributed by atoms with van der Waals surface area (Å²) in [6, 6.07) is 14.1. The van der Waals surface area contributed by atoms with E-state index in [-0.39, 0.29) is 18.1 Å². The molecule has 2 N–H and O–H groups in total. The second kappa shape index (κ2) is 5.89. The molecule has 0 saturated heterocycles. The summed E-state index contributed by atoms with van der Waals surface area (Å²) in [5.74, 6) is -0.173. The average molecular weight is 263 g/mol. The fraction of sp³-hybridized carbons (Fsp3) is 0.143. The number of halogens is 1. The molecule has 0 aliphatic carbocycles. The van der Waals surface area contributed by atoms with E-state index in [9.17, 15) is 8.60 Å². The highest BCUT2D eigenvalue weighted by atomic mass is 32.2. The van der Waals surface area contributed by atoms with Crippen molar-refractivity contribution in [3.05, 3.63) is 65.5 Å². The Kier molecular flexibility index (Phi) is 4.23. The second-order valence-corrected chi connectivity index (χ2v) is 5.35. The molecule has 18 heavy (non-hydrogen) atoms. The van der Waals surface area contributed by atoms with E-state index in [2.05, 4.69) is 0 Å². The zero-order valence-corrected chi connectivity index (χ0v) is 10.6. The van der Waals surface area contributed by atoms with E-state index in [1.165, 1.54) is 0 Å². The van der Waals surface area contributed by atoms with Crippen molar-refractivity contribution in [3.8, 4) is 0 Å². The topological polar surface area (TPSA) is 43.1 Å². The molecule has 0 fully saturated rings. The zero-order valence-electron chi connectivity index (χ0n) is 9.80. The molecular formula is C14H14FNOS. The van der Waals surface area contributed by atoms with E-state index in [0.29, 0.717) is 16.0 Å². The van der Waals surface area contributed by atoms with Crippen LogP contribution < -0.4 is 5.73 Å². The Labute approximate surface area is 108 Å². The van der Waals surface area contributed by atoms with Gasteiger partial charge in [0.1, 0.15) is 5.82 Å². The van der Waals surface area contributed by atoms with Crippen LogP contribution in [0.25, 0.3) is 0 Å². The normalized spacial score (nSPS) is 12.3. The SMILES string of the molecule is NCc1cccc(CS(=O)c2ccccc2)c1F. The summed E-state index contributed by atoms with van der Waals surface area (Å²) in [6.07, 6.45) is 0. The standard InChI is InChI=1S/C14H14FNOS/c15-14-11(9-16)5-4-6-12(14)10-18(17)13-7-2-1-3-8-13/h1-8H,9-10,16H2. The van der Waals surface area contributed by atoms with Gasteiger partial charge in [-0.3, -0.25) is 4.21 Å². The molecule has 2 aromatic carbocycles. The van der Waals surface area contributed by atoms with Gasteiger partial charge in [0, 0.05) is 22.6 Å². The fourth-order valence-corrected chi connectivity index (χ4v) is 2.83. The maximum absolute atomic E-state index is 13.9. The molecule has 4 heteroatoms. The maximum atomic E-state index is 13.9. The molecule has 0 radical (unpaired) electrons. The summed E-state index contributed by atoms with van der Waals surface area (Å²) < 4.78 is 26.0.